The van der Waals surface area contributed by atoms with Crippen molar-refractivity contribution >= 4 is 5.69 Å². The normalized spacial score (nSPS) is 13.9. The lowest BCUT2D eigenvalue weighted by Crippen LogP contribution is -2.25. The minimum absolute atomic E-state index is 0.321. The zero-order valence-electron chi connectivity index (χ0n) is 18.3. The summed E-state index contributed by atoms with van der Waals surface area (Å²) in [4.78, 5) is 0. The van der Waals surface area contributed by atoms with Gasteiger partial charge in [0, 0.05) is 11.3 Å². The highest BCUT2D eigenvalue weighted by atomic mass is 14.6. The van der Waals surface area contributed by atoms with Crippen molar-refractivity contribution in [1.29, 1.82) is 0 Å². The highest BCUT2D eigenvalue weighted by Gasteiger charge is 2.51. The summed E-state index contributed by atoms with van der Waals surface area (Å²) in [5.74, 6) is 0. The molecule has 0 fully saturated rings. The van der Waals surface area contributed by atoms with Crippen LogP contribution >= 0.6 is 0 Å². The summed E-state index contributed by atoms with van der Waals surface area (Å²) in [5, 5.41) is 0. The predicted octanol–water partition coefficient (Wildman–Crippen LogP) is 7.20. The van der Waals surface area contributed by atoms with Crippen LogP contribution in [-0.2, 0) is 11.8 Å². The highest BCUT2D eigenvalue weighted by molar-refractivity contribution is 5.98. The molecule has 0 aliphatic heterocycles. The second-order valence-corrected chi connectivity index (χ2v) is 9.11. The first-order valence-corrected chi connectivity index (χ1v) is 11.5. The van der Waals surface area contributed by atoms with Crippen LogP contribution in [0.15, 0.2) is 115 Å². The summed E-state index contributed by atoms with van der Waals surface area (Å²) >= 11 is 0. The monoisotopic (exact) mass is 421 g/mol. The van der Waals surface area contributed by atoms with Gasteiger partial charge >= 0.3 is 0 Å². The molecule has 2 aliphatic rings. The van der Waals surface area contributed by atoms with Gasteiger partial charge in [0.1, 0.15) is 0 Å². The van der Waals surface area contributed by atoms with Crippen molar-refractivity contribution in [1.82, 2.24) is 0 Å². The molecule has 0 saturated heterocycles. The van der Waals surface area contributed by atoms with Gasteiger partial charge in [0.25, 0.3) is 0 Å². The maximum atomic E-state index is 6.99. The Morgan fingerprint density at radius 2 is 1.00 bits per heavy atom. The Morgan fingerprint density at radius 1 is 0.485 bits per heavy atom. The highest BCUT2D eigenvalue weighted by Crippen LogP contribution is 2.63. The summed E-state index contributed by atoms with van der Waals surface area (Å²) in [6, 6.07) is 41.8. The van der Waals surface area contributed by atoms with E-state index < -0.39 is 0 Å². The molecule has 1 heteroatoms. The first-order valence-electron chi connectivity index (χ1n) is 11.5. The van der Waals surface area contributed by atoms with Crippen LogP contribution in [0, 0.1) is 0 Å². The molecular formula is C32H23N. The van der Waals surface area contributed by atoms with Crippen LogP contribution in [0.25, 0.3) is 22.3 Å². The predicted molar refractivity (Wildman–Crippen MR) is 136 cm³/mol. The van der Waals surface area contributed by atoms with E-state index in [2.05, 4.69) is 115 Å². The molecule has 5 aromatic carbocycles. The third-order valence-corrected chi connectivity index (χ3v) is 7.53. The van der Waals surface area contributed by atoms with Crippen molar-refractivity contribution in [3.05, 3.63) is 149 Å². The number of benzene rings is 5. The van der Waals surface area contributed by atoms with Crippen LogP contribution in [0.4, 0.5) is 5.69 Å². The van der Waals surface area contributed by atoms with Crippen molar-refractivity contribution < 1.29 is 0 Å². The number of fused-ring (bicyclic) bond motifs is 10. The van der Waals surface area contributed by atoms with Gasteiger partial charge in [0.05, 0.1) is 5.41 Å². The molecule has 7 rings (SSSR count). The van der Waals surface area contributed by atoms with Crippen molar-refractivity contribution in [2.45, 2.75) is 11.8 Å². The van der Waals surface area contributed by atoms with E-state index in [0.717, 1.165) is 12.1 Å². The van der Waals surface area contributed by atoms with E-state index in [1.165, 1.54) is 55.6 Å². The van der Waals surface area contributed by atoms with Gasteiger partial charge in [-0.15, -0.1) is 0 Å². The van der Waals surface area contributed by atoms with Gasteiger partial charge < -0.3 is 5.73 Å². The van der Waals surface area contributed by atoms with E-state index in [0.29, 0.717) is 0 Å². The SMILES string of the molecule is Nc1c(Cc2ccccc2)ccc2c1-c1ccccc1C21c2ccccc2-c2ccccc21. The molecule has 2 aliphatic carbocycles. The second-order valence-electron chi connectivity index (χ2n) is 9.11. The molecule has 0 radical (unpaired) electrons. The van der Waals surface area contributed by atoms with Crippen LogP contribution < -0.4 is 5.73 Å². The van der Waals surface area contributed by atoms with Crippen molar-refractivity contribution in [3.8, 4) is 22.3 Å². The largest absolute Gasteiger partial charge is 0.398 e. The molecule has 0 atom stereocenters. The molecule has 2 N–H and O–H groups in total. The second kappa shape index (κ2) is 6.70. The molecule has 0 aromatic heterocycles. The molecule has 0 saturated carbocycles. The fourth-order valence-corrected chi connectivity index (χ4v) is 6.22. The van der Waals surface area contributed by atoms with Gasteiger partial charge in [-0.3, -0.25) is 0 Å². The van der Waals surface area contributed by atoms with Crippen LogP contribution in [0.3, 0.4) is 0 Å². The average molecular weight is 422 g/mol. The topological polar surface area (TPSA) is 26.0 Å². The van der Waals surface area contributed by atoms with E-state index in [9.17, 15) is 0 Å². The van der Waals surface area contributed by atoms with Gasteiger partial charge in [-0.1, -0.05) is 115 Å². The standard InChI is InChI=1S/C32H23N/c33-31-22(20-21-10-2-1-3-11-21)18-19-29-30(31)25-14-6-9-17-28(25)32(29)26-15-7-4-12-23(26)24-13-5-8-16-27(24)32/h1-19H,20,33H2. The van der Waals surface area contributed by atoms with Gasteiger partial charge in [-0.25, -0.2) is 0 Å². The summed E-state index contributed by atoms with van der Waals surface area (Å²) in [7, 11) is 0. The maximum absolute atomic E-state index is 6.99. The Kier molecular flexibility index (Phi) is 3.75. The lowest BCUT2D eigenvalue weighted by atomic mass is 9.70. The van der Waals surface area contributed by atoms with E-state index in [4.69, 9.17) is 5.73 Å². The Hall–Kier alpha value is -4.10. The Labute approximate surface area is 194 Å². The molecule has 0 unspecified atom stereocenters. The molecular weight excluding hydrogens is 398 g/mol. The number of rotatable bonds is 2. The number of anilines is 1. The zero-order valence-corrected chi connectivity index (χ0v) is 18.3. The summed E-state index contributed by atoms with van der Waals surface area (Å²) in [5.41, 5.74) is 20.5. The molecule has 0 heterocycles. The van der Waals surface area contributed by atoms with Crippen molar-refractivity contribution in [2.75, 3.05) is 5.73 Å². The Balaban J connectivity index is 1.56. The first kappa shape index (κ1) is 18.5. The number of hydrogen-bond donors (Lipinski definition) is 1. The molecule has 5 aromatic rings. The summed E-state index contributed by atoms with van der Waals surface area (Å²) in [6.45, 7) is 0. The van der Waals surface area contributed by atoms with Gasteiger partial charge in [0.2, 0.25) is 0 Å². The average Bonchev–Trinajstić information content (AvgIpc) is 3.34. The number of hydrogen-bond acceptors (Lipinski definition) is 1. The fraction of sp³-hybridized carbons (Fsp3) is 0.0625. The van der Waals surface area contributed by atoms with Gasteiger partial charge in [-0.05, 0) is 56.5 Å². The first-order chi connectivity index (χ1) is 16.3. The minimum Gasteiger partial charge on any atom is -0.398 e. The smallest absolute Gasteiger partial charge is 0.0726 e. The molecule has 33 heavy (non-hydrogen) atoms. The van der Waals surface area contributed by atoms with Crippen LogP contribution in [-0.4, -0.2) is 0 Å². The summed E-state index contributed by atoms with van der Waals surface area (Å²) in [6.07, 6.45) is 0.836. The molecule has 1 spiro atoms. The van der Waals surface area contributed by atoms with Crippen molar-refractivity contribution in [2.24, 2.45) is 0 Å². The summed E-state index contributed by atoms with van der Waals surface area (Å²) < 4.78 is 0. The molecule has 0 amide bonds. The maximum Gasteiger partial charge on any atom is 0.0726 e. The van der Waals surface area contributed by atoms with Gasteiger partial charge in [0.15, 0.2) is 0 Å². The third kappa shape index (κ3) is 2.32. The Morgan fingerprint density at radius 3 is 1.64 bits per heavy atom. The van der Waals surface area contributed by atoms with Crippen molar-refractivity contribution in [3.63, 3.8) is 0 Å². The lowest BCUT2D eigenvalue weighted by molar-refractivity contribution is 0.793. The molecule has 156 valence electrons. The molecule has 0 bridgehead atoms. The van der Waals surface area contributed by atoms with E-state index in [-0.39, 0.29) is 5.41 Å². The van der Waals surface area contributed by atoms with Crippen LogP contribution in [0.5, 0.6) is 0 Å². The van der Waals surface area contributed by atoms with E-state index >= 15 is 0 Å². The number of nitrogen functional groups attached to an aromatic ring is 1. The quantitative estimate of drug-likeness (QED) is 0.293. The van der Waals surface area contributed by atoms with E-state index in [1.54, 1.807) is 0 Å². The minimum atomic E-state index is -0.321. The zero-order chi connectivity index (χ0) is 22.0. The number of nitrogens with two attached hydrogens (primary N) is 1. The van der Waals surface area contributed by atoms with Crippen LogP contribution in [0.1, 0.15) is 33.4 Å². The Bertz CT molecular complexity index is 1500. The fourth-order valence-electron chi connectivity index (χ4n) is 6.22. The van der Waals surface area contributed by atoms with Gasteiger partial charge in [-0.2, -0.15) is 0 Å². The third-order valence-electron chi connectivity index (χ3n) is 7.53. The lowest BCUT2D eigenvalue weighted by Gasteiger charge is -2.30. The van der Waals surface area contributed by atoms with E-state index in [1.807, 2.05) is 0 Å². The van der Waals surface area contributed by atoms with Crippen LogP contribution in [0.2, 0.25) is 0 Å². The molecule has 1 nitrogen and oxygen atoms in total.